The van der Waals surface area contributed by atoms with Crippen LogP contribution in [0.3, 0.4) is 0 Å². The number of likely N-dealkylation sites (tertiary alicyclic amines) is 1. The van der Waals surface area contributed by atoms with Crippen LogP contribution in [0.2, 0.25) is 0 Å². The van der Waals surface area contributed by atoms with E-state index < -0.39 is 0 Å². The number of amides is 1. The third-order valence-corrected chi connectivity index (χ3v) is 8.56. The number of piperidine rings is 1. The monoisotopic (exact) mass is 533 g/mol. The normalized spacial score (nSPS) is 17.7. The third-order valence-electron chi connectivity index (χ3n) is 8.56. The second-order valence-corrected chi connectivity index (χ2v) is 11.2. The van der Waals surface area contributed by atoms with Gasteiger partial charge in [0.1, 0.15) is 0 Å². The lowest BCUT2D eigenvalue weighted by molar-refractivity contribution is 0.0617. The van der Waals surface area contributed by atoms with Crippen molar-refractivity contribution in [2.24, 2.45) is 0 Å². The van der Waals surface area contributed by atoms with Crippen LogP contribution >= 0.6 is 0 Å². The molecule has 40 heavy (non-hydrogen) atoms. The summed E-state index contributed by atoms with van der Waals surface area (Å²) in [4.78, 5) is 26.8. The van der Waals surface area contributed by atoms with Gasteiger partial charge in [-0.25, -0.2) is 4.98 Å². The summed E-state index contributed by atoms with van der Waals surface area (Å²) in [5, 5.41) is 4.13. The Kier molecular flexibility index (Phi) is 8.19. The molecule has 0 aliphatic carbocycles. The molecule has 1 aromatic heterocycles. The number of pyridine rings is 1. The van der Waals surface area contributed by atoms with Gasteiger partial charge in [-0.3, -0.25) is 14.6 Å². The second-order valence-electron chi connectivity index (χ2n) is 11.2. The molecule has 6 heteroatoms. The summed E-state index contributed by atoms with van der Waals surface area (Å²) in [6.07, 6.45) is 2.52. The van der Waals surface area contributed by atoms with Gasteiger partial charge < -0.3 is 10.2 Å². The Morgan fingerprint density at radius 2 is 1.48 bits per heavy atom. The van der Waals surface area contributed by atoms with Crippen molar-refractivity contribution in [1.29, 1.82) is 0 Å². The van der Waals surface area contributed by atoms with E-state index >= 15 is 0 Å². The fraction of sp³-hybridized carbons (Fsp3) is 0.353. The Morgan fingerprint density at radius 3 is 2.20 bits per heavy atom. The zero-order valence-electron chi connectivity index (χ0n) is 23.4. The number of hydrogen-bond acceptors (Lipinski definition) is 5. The quantitative estimate of drug-likeness (QED) is 0.361. The van der Waals surface area contributed by atoms with Gasteiger partial charge in [0.2, 0.25) is 0 Å². The number of aromatic nitrogens is 1. The molecule has 4 aromatic rings. The average molecular weight is 534 g/mol. The molecule has 6 nitrogen and oxygen atoms in total. The maximum absolute atomic E-state index is 14.0. The lowest BCUT2D eigenvalue weighted by atomic mass is 9.95. The van der Waals surface area contributed by atoms with Crippen LogP contribution < -0.4 is 5.32 Å². The summed E-state index contributed by atoms with van der Waals surface area (Å²) >= 11 is 0. The van der Waals surface area contributed by atoms with Gasteiger partial charge in [0.25, 0.3) is 5.91 Å². The topological polar surface area (TPSA) is 51.7 Å². The molecule has 0 unspecified atom stereocenters. The van der Waals surface area contributed by atoms with E-state index in [0.717, 1.165) is 65.0 Å². The number of nitrogens with zero attached hydrogens (tertiary/aromatic N) is 4. The summed E-state index contributed by atoms with van der Waals surface area (Å²) in [7, 11) is 2.23. The number of rotatable bonds is 7. The molecule has 2 fully saturated rings. The maximum Gasteiger partial charge on any atom is 0.252 e. The highest BCUT2D eigenvalue weighted by atomic mass is 16.1. The summed E-state index contributed by atoms with van der Waals surface area (Å²) in [6, 6.07) is 29.2. The largest absolute Gasteiger partial charge is 0.348 e. The van der Waals surface area contributed by atoms with Crippen LogP contribution in [0.15, 0.2) is 84.9 Å². The first-order valence-corrected chi connectivity index (χ1v) is 14.6. The van der Waals surface area contributed by atoms with Gasteiger partial charge in [0.15, 0.2) is 0 Å². The van der Waals surface area contributed by atoms with Gasteiger partial charge >= 0.3 is 0 Å². The van der Waals surface area contributed by atoms with Crippen molar-refractivity contribution in [3.05, 3.63) is 102 Å². The lowest BCUT2D eigenvalue weighted by Gasteiger charge is -2.42. The number of piperazine rings is 1. The minimum atomic E-state index is -0.0420. The number of hydrogen-bond donors (Lipinski definition) is 1. The number of benzene rings is 3. The van der Waals surface area contributed by atoms with E-state index in [2.05, 4.69) is 39.2 Å². The third kappa shape index (κ3) is 5.94. The first kappa shape index (κ1) is 26.6. The molecule has 6 rings (SSSR count). The van der Waals surface area contributed by atoms with Crippen molar-refractivity contribution >= 4 is 16.8 Å². The first-order chi connectivity index (χ1) is 19.7. The van der Waals surface area contributed by atoms with Gasteiger partial charge in [-0.05, 0) is 44.6 Å². The molecule has 206 valence electrons. The smallest absolute Gasteiger partial charge is 0.252 e. The highest BCUT2D eigenvalue weighted by molar-refractivity contribution is 6.09. The van der Waals surface area contributed by atoms with Crippen LogP contribution in [0.5, 0.6) is 0 Å². The molecule has 3 aromatic carbocycles. The van der Waals surface area contributed by atoms with Crippen molar-refractivity contribution in [3.8, 4) is 11.3 Å². The molecule has 0 bridgehead atoms. The van der Waals surface area contributed by atoms with Crippen LogP contribution in [-0.2, 0) is 13.1 Å². The molecule has 0 radical (unpaired) electrons. The molecular formula is C34H39N5O. The Hall–Kier alpha value is -3.58. The number of fused-ring (bicyclic) bond motifs is 1. The van der Waals surface area contributed by atoms with E-state index in [4.69, 9.17) is 4.98 Å². The molecule has 0 saturated carbocycles. The molecule has 2 saturated heterocycles. The number of nitrogens with one attached hydrogen (secondary N) is 1. The molecule has 2 aliphatic heterocycles. The van der Waals surface area contributed by atoms with E-state index in [1.807, 2.05) is 72.8 Å². The summed E-state index contributed by atoms with van der Waals surface area (Å²) in [5.41, 5.74) is 5.65. The molecule has 1 amide bonds. The van der Waals surface area contributed by atoms with Gasteiger partial charge in [-0.1, -0.05) is 78.9 Å². The highest BCUT2D eigenvalue weighted by Crippen LogP contribution is 2.32. The van der Waals surface area contributed by atoms with Crippen LogP contribution in [-0.4, -0.2) is 77.9 Å². The van der Waals surface area contributed by atoms with E-state index in [9.17, 15) is 4.79 Å². The number of carbonyl (C=O) groups excluding carboxylic acids is 1. The Balaban J connectivity index is 1.31. The predicted octanol–water partition coefficient (Wildman–Crippen LogP) is 5.04. The van der Waals surface area contributed by atoms with E-state index in [0.29, 0.717) is 19.1 Å². The number of para-hydroxylation sites is 1. The van der Waals surface area contributed by atoms with Crippen molar-refractivity contribution in [1.82, 2.24) is 25.0 Å². The van der Waals surface area contributed by atoms with E-state index in [-0.39, 0.29) is 5.91 Å². The fourth-order valence-corrected chi connectivity index (χ4v) is 6.24. The van der Waals surface area contributed by atoms with Crippen molar-refractivity contribution in [2.45, 2.75) is 32.0 Å². The van der Waals surface area contributed by atoms with Crippen LogP contribution in [0.25, 0.3) is 22.2 Å². The SMILES string of the molecule is CN1CCC(N2CCN(Cc3c(-c4ccccc4)nc4ccccc4c3C(=O)NCc3ccccc3)CC2)CC1. The molecule has 2 aliphatic rings. The molecule has 1 N–H and O–H groups in total. The summed E-state index contributed by atoms with van der Waals surface area (Å²) < 4.78 is 0. The molecular weight excluding hydrogens is 494 g/mol. The predicted molar refractivity (Wildman–Crippen MR) is 162 cm³/mol. The maximum atomic E-state index is 14.0. The standard InChI is InChI=1S/C34H39N5O/c1-37-18-16-28(17-19-37)39-22-20-38(21-23-39)25-30-32(34(40)35-24-26-10-4-2-5-11-26)29-14-8-9-15-31(29)36-33(30)27-12-6-3-7-13-27/h2-15,28H,16-25H2,1H3,(H,35,40). The van der Waals surface area contributed by atoms with E-state index in [1.165, 1.54) is 25.9 Å². The van der Waals surface area contributed by atoms with Gasteiger partial charge in [-0.2, -0.15) is 0 Å². The van der Waals surface area contributed by atoms with Crippen LogP contribution in [0.1, 0.15) is 34.3 Å². The lowest BCUT2D eigenvalue weighted by Crippen LogP contribution is -2.52. The average Bonchev–Trinajstić information content (AvgIpc) is 3.01. The zero-order chi connectivity index (χ0) is 27.3. The Morgan fingerprint density at radius 1 is 0.825 bits per heavy atom. The molecule has 3 heterocycles. The highest BCUT2D eigenvalue weighted by Gasteiger charge is 2.28. The summed E-state index contributed by atoms with van der Waals surface area (Å²) in [6.45, 7) is 7.72. The van der Waals surface area contributed by atoms with Crippen LogP contribution in [0, 0.1) is 0 Å². The van der Waals surface area contributed by atoms with Gasteiger partial charge in [0.05, 0.1) is 16.8 Å². The summed E-state index contributed by atoms with van der Waals surface area (Å²) in [5.74, 6) is -0.0420. The Labute approximate surface area is 237 Å². The molecule has 0 spiro atoms. The fourth-order valence-electron chi connectivity index (χ4n) is 6.24. The number of carbonyl (C=O) groups is 1. The van der Waals surface area contributed by atoms with E-state index in [1.54, 1.807) is 0 Å². The van der Waals surface area contributed by atoms with Crippen LogP contribution in [0.4, 0.5) is 0 Å². The minimum Gasteiger partial charge on any atom is -0.348 e. The first-order valence-electron chi connectivity index (χ1n) is 14.6. The van der Waals surface area contributed by atoms with Crippen molar-refractivity contribution in [2.75, 3.05) is 46.3 Å². The van der Waals surface area contributed by atoms with Crippen molar-refractivity contribution in [3.63, 3.8) is 0 Å². The van der Waals surface area contributed by atoms with Gasteiger partial charge in [0, 0.05) is 61.8 Å². The second kappa shape index (κ2) is 12.3. The van der Waals surface area contributed by atoms with Gasteiger partial charge in [-0.15, -0.1) is 0 Å². The minimum absolute atomic E-state index is 0.0420. The van der Waals surface area contributed by atoms with Crippen molar-refractivity contribution < 1.29 is 4.79 Å². The Bertz CT molecular complexity index is 1430. The molecule has 0 atom stereocenters. The zero-order valence-corrected chi connectivity index (χ0v) is 23.4.